The van der Waals surface area contributed by atoms with Gasteiger partial charge in [-0.2, -0.15) is 52.7 Å². The smallest absolute Gasteiger partial charge is 0.421 e. The van der Waals surface area contributed by atoms with Crippen molar-refractivity contribution >= 4 is 40.1 Å². The van der Waals surface area contributed by atoms with Crippen molar-refractivity contribution in [1.29, 1.82) is 0 Å². The van der Waals surface area contributed by atoms with E-state index in [0.29, 0.717) is 0 Å². The normalized spacial score (nSPS) is 12.1. The predicted molar refractivity (Wildman–Crippen MR) is 209 cm³/mol. The third kappa shape index (κ3) is 19.6. The van der Waals surface area contributed by atoms with Gasteiger partial charge < -0.3 is 8.25 Å². The molecule has 1 radical (unpaired) electrons. The van der Waals surface area contributed by atoms with Crippen LogP contribution in [0.1, 0.15) is 0 Å². The first-order valence-electron chi connectivity index (χ1n) is 16.5. The summed E-state index contributed by atoms with van der Waals surface area (Å²) >= 11 is 0. The van der Waals surface area contributed by atoms with Crippen LogP contribution in [-0.4, -0.2) is 85.6 Å². The maximum Gasteiger partial charge on any atom is 2.00 e. The molecule has 6 aromatic rings. The van der Waals surface area contributed by atoms with Crippen molar-refractivity contribution in [1.82, 2.24) is 29.9 Å². The molecule has 6 aromatic heterocycles. The predicted octanol–water partition coefficient (Wildman–Crippen LogP) is 8.55. The zero-order valence-electron chi connectivity index (χ0n) is 32.2. The van der Waals surface area contributed by atoms with Gasteiger partial charge in [-0.1, -0.05) is 36.4 Å². The van der Waals surface area contributed by atoms with E-state index in [1.165, 1.54) is 0 Å². The van der Waals surface area contributed by atoms with Gasteiger partial charge in [0, 0.05) is 37.2 Å². The molecule has 6 heterocycles. The minimum Gasteiger partial charge on any atom is -0.421 e. The van der Waals surface area contributed by atoms with Crippen LogP contribution in [-0.2, 0) is 56.9 Å². The molecule has 0 saturated carbocycles. The van der Waals surface area contributed by atoms with Gasteiger partial charge in [-0.15, -0.1) is 0 Å². The Balaban J connectivity index is 0.000000418. The topological polar surface area (TPSA) is 242 Å². The molecule has 67 heavy (non-hydrogen) atoms. The molecule has 0 aliphatic heterocycles. The van der Waals surface area contributed by atoms with Crippen LogP contribution in [0.2, 0.25) is 0 Å². The van der Waals surface area contributed by atoms with E-state index in [1.54, 1.807) is 37.2 Å². The van der Waals surface area contributed by atoms with Gasteiger partial charge >= 0.3 is 38.8 Å². The SMILES string of the molecule is O=S(=O)([N-]S(=O)(=O)C(F)(F)F)C(F)(F)F.O=S(=O)([N-]S(=O)(=O)C(F)(F)F)C(F)(F)F.[Co+2].c1ccc(-c2ccccn2)nc1.c1ccc(-c2ccccn2)nc1.c1ccc(-c2ccccn2)nc1. The summed E-state index contributed by atoms with van der Waals surface area (Å²) in [6.07, 6.45) is 10.6. The van der Waals surface area contributed by atoms with Crippen LogP contribution in [0.5, 0.6) is 0 Å². The van der Waals surface area contributed by atoms with Crippen LogP contribution in [0.25, 0.3) is 42.4 Å². The monoisotopic (exact) mass is 1090 g/mol. The van der Waals surface area contributed by atoms with Crippen molar-refractivity contribution in [3.05, 3.63) is 155 Å². The Morgan fingerprint density at radius 1 is 0.284 bits per heavy atom. The van der Waals surface area contributed by atoms with Crippen molar-refractivity contribution in [3.63, 3.8) is 0 Å². The Kier molecular flexibility index (Phi) is 22.0. The van der Waals surface area contributed by atoms with Gasteiger partial charge in [-0.3, -0.25) is 29.9 Å². The molecule has 16 nitrogen and oxygen atoms in total. The van der Waals surface area contributed by atoms with E-state index in [1.807, 2.05) is 109 Å². The summed E-state index contributed by atoms with van der Waals surface area (Å²) in [5.41, 5.74) is -19.3. The fourth-order valence-electron chi connectivity index (χ4n) is 3.51. The van der Waals surface area contributed by atoms with E-state index in [9.17, 15) is 86.4 Å². The second kappa shape index (κ2) is 24.9. The number of aromatic nitrogens is 6. The van der Waals surface area contributed by atoms with Gasteiger partial charge in [-0.25, -0.2) is 33.7 Å². The van der Waals surface area contributed by atoms with E-state index in [0.717, 1.165) is 42.4 Å². The molecule has 0 aromatic carbocycles. The largest absolute Gasteiger partial charge is 2.00 e. The molecule has 365 valence electrons. The summed E-state index contributed by atoms with van der Waals surface area (Å²) in [7, 11) is -26.9. The molecule has 0 aliphatic rings. The molecule has 6 rings (SSSR count). The molecule has 0 saturated heterocycles. The van der Waals surface area contributed by atoms with Gasteiger partial charge in [-0.05, 0) is 72.8 Å². The first-order chi connectivity index (χ1) is 30.3. The van der Waals surface area contributed by atoms with Crippen molar-refractivity contribution in [2.75, 3.05) is 0 Å². The van der Waals surface area contributed by atoms with Gasteiger partial charge in [0.15, 0.2) is 40.1 Å². The van der Waals surface area contributed by atoms with Crippen molar-refractivity contribution in [2.24, 2.45) is 0 Å². The van der Waals surface area contributed by atoms with Gasteiger partial charge in [0.1, 0.15) is 0 Å². The second-order valence-corrected chi connectivity index (χ2v) is 18.0. The van der Waals surface area contributed by atoms with Crippen molar-refractivity contribution in [2.45, 2.75) is 22.0 Å². The van der Waals surface area contributed by atoms with Crippen molar-refractivity contribution < 1.29 is 103 Å². The molecule has 0 fully saturated rings. The van der Waals surface area contributed by atoms with Crippen LogP contribution in [0, 0.1) is 0 Å². The maximum atomic E-state index is 11.4. The van der Waals surface area contributed by atoms with Crippen LogP contribution in [0.4, 0.5) is 52.7 Å². The fourth-order valence-corrected chi connectivity index (χ4v) is 6.93. The third-order valence-corrected chi connectivity index (χ3v) is 11.8. The molecular weight excluding hydrogens is 1060 g/mol. The Morgan fingerprint density at radius 2 is 0.418 bits per heavy atom. The Morgan fingerprint density at radius 3 is 0.507 bits per heavy atom. The molecule has 33 heteroatoms. The van der Waals surface area contributed by atoms with E-state index in [2.05, 4.69) is 29.9 Å². The number of nitrogens with zero attached hydrogens (tertiary/aromatic N) is 8. The summed E-state index contributed by atoms with van der Waals surface area (Å²) in [6.45, 7) is 0. The zero-order valence-corrected chi connectivity index (χ0v) is 36.5. The summed E-state index contributed by atoms with van der Waals surface area (Å²) in [5.74, 6) is 0. The van der Waals surface area contributed by atoms with E-state index in [4.69, 9.17) is 0 Å². The summed E-state index contributed by atoms with van der Waals surface area (Å²) in [4.78, 5) is 25.1. The van der Waals surface area contributed by atoms with Crippen LogP contribution < -0.4 is 0 Å². The Bertz CT molecular complexity index is 2390. The molecule has 0 spiro atoms. The number of alkyl halides is 12. The molecule has 0 amide bonds. The number of hydrogen-bond donors (Lipinski definition) is 0. The van der Waals surface area contributed by atoms with E-state index in [-0.39, 0.29) is 16.8 Å². The molecular formula is C34H24CoF12N8O8S4. The van der Waals surface area contributed by atoms with Gasteiger partial charge in [0.25, 0.3) is 0 Å². The van der Waals surface area contributed by atoms with E-state index < -0.39 is 62.1 Å². The summed E-state index contributed by atoms with van der Waals surface area (Å²) in [6, 6.07) is 34.8. The standard InChI is InChI=1S/3C10H8N2.2C2F6NO4S2.Co/c3*1-3-7-11-9(5-1)10-6-2-4-8-12-10;2*3-1(4,5)14(10,11)9-15(12,13)2(6,7)8;/h3*1-8H;;;/q;;;2*-1;+2. The molecule has 0 unspecified atom stereocenters. The number of rotatable bonds is 7. The summed E-state index contributed by atoms with van der Waals surface area (Å²) in [5, 5.41) is 0. The molecule has 0 N–H and O–H groups in total. The van der Waals surface area contributed by atoms with Crippen LogP contribution >= 0.6 is 0 Å². The third-order valence-electron chi connectivity index (χ3n) is 6.34. The Labute approximate surface area is 382 Å². The van der Waals surface area contributed by atoms with Gasteiger partial charge in [0.05, 0.1) is 34.2 Å². The van der Waals surface area contributed by atoms with E-state index >= 15 is 0 Å². The quantitative estimate of drug-likeness (QED) is 0.136. The fraction of sp³-hybridized carbons (Fsp3) is 0.118. The first-order valence-corrected chi connectivity index (χ1v) is 22.3. The number of hydrogen-bond acceptors (Lipinski definition) is 14. The number of sulfonamides is 4. The maximum absolute atomic E-state index is 11.4. The average Bonchev–Trinajstić information content (AvgIpc) is 3.24. The first kappa shape index (κ1) is 59.3. The molecule has 0 atom stereocenters. The number of halogens is 12. The van der Waals surface area contributed by atoms with Crippen LogP contribution in [0.15, 0.2) is 146 Å². The Hall–Kier alpha value is -5.71. The van der Waals surface area contributed by atoms with Crippen LogP contribution in [0.3, 0.4) is 0 Å². The average molecular weight is 1090 g/mol. The minimum absolute atomic E-state index is 0. The second-order valence-electron chi connectivity index (χ2n) is 11.1. The minimum atomic E-state index is -6.72. The van der Waals surface area contributed by atoms with Crippen molar-refractivity contribution in [3.8, 4) is 34.2 Å². The summed E-state index contributed by atoms with van der Waals surface area (Å²) < 4.78 is 218. The van der Waals surface area contributed by atoms with Gasteiger partial charge in [0.2, 0.25) is 0 Å². The molecule has 0 bridgehead atoms. The number of pyridine rings is 6. The molecule has 0 aliphatic carbocycles. The zero-order chi connectivity index (χ0) is 50.1.